The molecular formula is C14H16N4OS. The molecule has 2 heterocycles. The summed E-state index contributed by atoms with van der Waals surface area (Å²) in [5, 5.41) is 14.0. The lowest BCUT2D eigenvalue weighted by atomic mass is 10.2. The van der Waals surface area contributed by atoms with Crippen LogP contribution in [0.25, 0.3) is 15.5 Å². The van der Waals surface area contributed by atoms with Gasteiger partial charge in [-0.15, -0.1) is 10.2 Å². The van der Waals surface area contributed by atoms with Gasteiger partial charge in [0.15, 0.2) is 5.82 Å². The molecule has 0 spiro atoms. The maximum absolute atomic E-state index is 5.25. The van der Waals surface area contributed by atoms with Crippen LogP contribution >= 0.6 is 11.3 Å². The molecule has 0 fully saturated rings. The Hall–Kier alpha value is -1.95. The molecule has 0 aliphatic rings. The highest BCUT2D eigenvalue weighted by atomic mass is 32.1. The molecule has 0 atom stereocenters. The maximum atomic E-state index is 5.25. The van der Waals surface area contributed by atoms with Crippen LogP contribution in [0.15, 0.2) is 24.3 Å². The summed E-state index contributed by atoms with van der Waals surface area (Å²) in [7, 11) is 1.67. The van der Waals surface area contributed by atoms with Gasteiger partial charge in [-0.25, -0.2) is 0 Å². The summed E-state index contributed by atoms with van der Waals surface area (Å²) in [6.07, 6.45) is 3.16. The van der Waals surface area contributed by atoms with Crippen molar-refractivity contribution in [2.75, 3.05) is 7.11 Å². The van der Waals surface area contributed by atoms with Gasteiger partial charge in [0.1, 0.15) is 10.8 Å². The molecule has 2 aromatic heterocycles. The average molecular weight is 288 g/mol. The van der Waals surface area contributed by atoms with Gasteiger partial charge in [-0.3, -0.25) is 0 Å². The summed E-state index contributed by atoms with van der Waals surface area (Å²) < 4.78 is 7.11. The summed E-state index contributed by atoms with van der Waals surface area (Å²) in [5.74, 6) is 1.77. The van der Waals surface area contributed by atoms with Crippen LogP contribution in [0.2, 0.25) is 0 Å². The molecule has 20 heavy (non-hydrogen) atoms. The van der Waals surface area contributed by atoms with E-state index < -0.39 is 0 Å². The minimum absolute atomic E-state index is 0.833. The summed E-state index contributed by atoms with van der Waals surface area (Å²) in [6, 6.07) is 7.91. The van der Waals surface area contributed by atoms with E-state index in [0.717, 1.165) is 46.4 Å². The number of aromatic nitrogens is 4. The summed E-state index contributed by atoms with van der Waals surface area (Å²) in [5.41, 5.74) is 1.04. The van der Waals surface area contributed by atoms with Crippen molar-refractivity contribution in [1.82, 2.24) is 19.8 Å². The molecule has 0 bridgehead atoms. The lowest BCUT2D eigenvalue weighted by Crippen LogP contribution is -1.96. The van der Waals surface area contributed by atoms with E-state index in [0.29, 0.717) is 0 Å². The molecule has 0 N–H and O–H groups in total. The van der Waals surface area contributed by atoms with E-state index in [1.54, 1.807) is 18.4 Å². The van der Waals surface area contributed by atoms with E-state index in [1.165, 1.54) is 0 Å². The van der Waals surface area contributed by atoms with Gasteiger partial charge >= 0.3 is 0 Å². The van der Waals surface area contributed by atoms with E-state index in [2.05, 4.69) is 22.2 Å². The first kappa shape index (κ1) is 13.1. The van der Waals surface area contributed by atoms with Crippen molar-refractivity contribution in [3.05, 3.63) is 30.1 Å². The molecule has 0 saturated carbocycles. The van der Waals surface area contributed by atoms with E-state index in [-0.39, 0.29) is 0 Å². The van der Waals surface area contributed by atoms with Crippen molar-refractivity contribution in [2.45, 2.75) is 26.2 Å². The number of ether oxygens (including phenoxy) is 1. The predicted molar refractivity (Wildman–Crippen MR) is 79.3 cm³/mol. The lowest BCUT2D eigenvalue weighted by Gasteiger charge is -2.00. The van der Waals surface area contributed by atoms with E-state index in [9.17, 15) is 0 Å². The van der Waals surface area contributed by atoms with Gasteiger partial charge < -0.3 is 4.74 Å². The number of benzene rings is 1. The number of nitrogens with zero attached hydrogens (tertiary/aromatic N) is 4. The number of methoxy groups -OCH3 is 1. The van der Waals surface area contributed by atoms with Crippen LogP contribution in [0, 0.1) is 0 Å². The SMILES string of the molecule is CCCCc1nnc2sc(-c3cccc(OC)c3)nn12. The second kappa shape index (κ2) is 5.58. The van der Waals surface area contributed by atoms with Crippen LogP contribution < -0.4 is 4.74 Å². The second-order valence-corrected chi connectivity index (χ2v) is 5.51. The van der Waals surface area contributed by atoms with Crippen molar-refractivity contribution >= 4 is 16.3 Å². The topological polar surface area (TPSA) is 52.3 Å². The second-order valence-electron chi connectivity index (χ2n) is 4.55. The van der Waals surface area contributed by atoms with Gasteiger partial charge in [-0.05, 0) is 18.6 Å². The predicted octanol–water partition coefficient (Wildman–Crippen LogP) is 3.20. The maximum Gasteiger partial charge on any atom is 0.234 e. The molecule has 0 aliphatic carbocycles. The Morgan fingerprint density at radius 1 is 1.30 bits per heavy atom. The fourth-order valence-electron chi connectivity index (χ4n) is 2.02. The van der Waals surface area contributed by atoms with Gasteiger partial charge in [0.25, 0.3) is 0 Å². The average Bonchev–Trinajstić information content (AvgIpc) is 3.06. The normalized spacial score (nSPS) is 11.1. The van der Waals surface area contributed by atoms with Crippen molar-refractivity contribution in [1.29, 1.82) is 0 Å². The Balaban J connectivity index is 1.97. The van der Waals surface area contributed by atoms with Gasteiger partial charge in [-0.1, -0.05) is 36.8 Å². The van der Waals surface area contributed by atoms with Crippen LogP contribution in [0.4, 0.5) is 0 Å². The standard InChI is InChI=1S/C14H16N4OS/c1-3-4-8-12-15-16-14-18(12)17-13(20-14)10-6-5-7-11(9-10)19-2/h5-7,9H,3-4,8H2,1-2H3. The number of fused-ring (bicyclic) bond motifs is 1. The molecule has 0 amide bonds. The first-order valence-corrected chi connectivity index (χ1v) is 7.49. The van der Waals surface area contributed by atoms with Crippen LogP contribution in [0.5, 0.6) is 5.75 Å². The highest BCUT2D eigenvalue weighted by Gasteiger charge is 2.12. The molecular weight excluding hydrogens is 272 g/mol. The highest BCUT2D eigenvalue weighted by molar-refractivity contribution is 7.19. The molecule has 5 nitrogen and oxygen atoms in total. The third-order valence-electron chi connectivity index (χ3n) is 3.13. The number of hydrogen-bond acceptors (Lipinski definition) is 5. The van der Waals surface area contributed by atoms with Crippen molar-refractivity contribution in [3.63, 3.8) is 0 Å². The molecule has 1 aromatic carbocycles. The lowest BCUT2D eigenvalue weighted by molar-refractivity contribution is 0.415. The van der Waals surface area contributed by atoms with Crippen LogP contribution in [-0.2, 0) is 6.42 Å². The minimum Gasteiger partial charge on any atom is -0.497 e. The van der Waals surface area contributed by atoms with E-state index in [4.69, 9.17) is 4.74 Å². The molecule has 3 aromatic rings. The largest absolute Gasteiger partial charge is 0.497 e. The van der Waals surface area contributed by atoms with Gasteiger partial charge in [-0.2, -0.15) is 9.61 Å². The fraction of sp³-hybridized carbons (Fsp3) is 0.357. The van der Waals surface area contributed by atoms with Gasteiger partial charge in [0, 0.05) is 12.0 Å². The molecule has 0 saturated heterocycles. The van der Waals surface area contributed by atoms with Crippen LogP contribution in [0.3, 0.4) is 0 Å². The Morgan fingerprint density at radius 3 is 3.00 bits per heavy atom. The Bertz CT molecular complexity index is 719. The van der Waals surface area contributed by atoms with Gasteiger partial charge in [0.2, 0.25) is 4.96 Å². The first-order valence-electron chi connectivity index (χ1n) is 6.67. The monoisotopic (exact) mass is 288 g/mol. The molecule has 0 unspecified atom stereocenters. The number of hydrogen-bond donors (Lipinski definition) is 0. The molecule has 3 rings (SSSR count). The van der Waals surface area contributed by atoms with Crippen molar-refractivity contribution in [2.24, 2.45) is 0 Å². The van der Waals surface area contributed by atoms with E-state index in [1.807, 2.05) is 28.8 Å². The summed E-state index contributed by atoms with van der Waals surface area (Å²) in [4.78, 5) is 0.842. The van der Waals surface area contributed by atoms with Gasteiger partial charge in [0.05, 0.1) is 7.11 Å². The summed E-state index contributed by atoms with van der Waals surface area (Å²) >= 11 is 1.55. The number of unbranched alkanes of at least 4 members (excludes halogenated alkanes) is 1. The van der Waals surface area contributed by atoms with Crippen molar-refractivity contribution in [3.8, 4) is 16.3 Å². The van der Waals surface area contributed by atoms with Crippen LogP contribution in [-0.4, -0.2) is 26.9 Å². The third kappa shape index (κ3) is 2.38. The summed E-state index contributed by atoms with van der Waals surface area (Å²) in [6.45, 7) is 2.17. The smallest absolute Gasteiger partial charge is 0.234 e. The minimum atomic E-state index is 0.833. The zero-order valence-corrected chi connectivity index (χ0v) is 12.4. The molecule has 0 radical (unpaired) electrons. The van der Waals surface area contributed by atoms with Crippen LogP contribution in [0.1, 0.15) is 25.6 Å². The molecule has 6 heteroatoms. The zero-order valence-electron chi connectivity index (χ0n) is 11.5. The number of rotatable bonds is 5. The number of aryl methyl sites for hydroxylation is 1. The fourth-order valence-corrected chi connectivity index (χ4v) is 2.88. The third-order valence-corrected chi connectivity index (χ3v) is 4.07. The Morgan fingerprint density at radius 2 is 2.20 bits per heavy atom. The highest BCUT2D eigenvalue weighted by Crippen LogP contribution is 2.28. The zero-order chi connectivity index (χ0) is 13.9. The van der Waals surface area contributed by atoms with Crippen molar-refractivity contribution < 1.29 is 4.74 Å². The van der Waals surface area contributed by atoms with E-state index >= 15 is 0 Å². The molecule has 104 valence electrons. The Labute approximate surface area is 121 Å². The quantitative estimate of drug-likeness (QED) is 0.723. The molecule has 0 aliphatic heterocycles. The Kier molecular flexibility index (Phi) is 3.64. The first-order chi connectivity index (χ1) is 9.81.